The van der Waals surface area contributed by atoms with Gasteiger partial charge in [-0.25, -0.2) is 19.1 Å². The van der Waals surface area contributed by atoms with E-state index in [1.165, 1.54) is 4.68 Å². The van der Waals surface area contributed by atoms with Gasteiger partial charge >= 0.3 is 23.9 Å². The van der Waals surface area contributed by atoms with Gasteiger partial charge in [-0.2, -0.15) is 0 Å². The van der Waals surface area contributed by atoms with Crippen molar-refractivity contribution in [2.45, 2.75) is 57.0 Å². The third-order valence-electron chi connectivity index (χ3n) is 5.56. The lowest BCUT2D eigenvalue weighted by molar-refractivity contribution is -0.140. The van der Waals surface area contributed by atoms with Crippen molar-refractivity contribution >= 4 is 29.8 Å². The number of rotatable bonds is 17. The molecule has 212 valence electrons. The molecule has 0 saturated heterocycles. The van der Waals surface area contributed by atoms with Crippen molar-refractivity contribution in [1.82, 2.24) is 30.9 Å². The van der Waals surface area contributed by atoms with Crippen molar-refractivity contribution in [3.05, 3.63) is 41.7 Å². The minimum absolute atomic E-state index is 0.0193. The highest BCUT2D eigenvalue weighted by Crippen LogP contribution is 2.10. The van der Waals surface area contributed by atoms with Crippen molar-refractivity contribution in [2.75, 3.05) is 13.2 Å². The van der Waals surface area contributed by atoms with Crippen molar-refractivity contribution in [3.8, 4) is 5.69 Å². The smallest absolute Gasteiger partial charge is 0.326 e. The van der Waals surface area contributed by atoms with E-state index in [4.69, 9.17) is 10.2 Å². The molecular formula is C24H31FN6O8. The summed E-state index contributed by atoms with van der Waals surface area (Å²) in [5.41, 5.74) is 1.74. The Morgan fingerprint density at radius 3 is 2.13 bits per heavy atom. The first-order valence-corrected chi connectivity index (χ1v) is 12.2. The zero-order chi connectivity index (χ0) is 28.8. The van der Waals surface area contributed by atoms with Gasteiger partial charge in [0.15, 0.2) is 0 Å². The molecule has 2 atom stereocenters. The summed E-state index contributed by atoms with van der Waals surface area (Å²) in [6.45, 7) is -0.187. The monoisotopic (exact) mass is 550 g/mol. The summed E-state index contributed by atoms with van der Waals surface area (Å²) >= 11 is 0. The standard InChI is InChI=1S/C24H31FN6O8/c25-12-3-4-16-14-31(30-29-16)17-8-6-15(7-9-17)21(34)26-13-2-1-5-18(22(35)36)27-24(39)28-19(23(37)38)10-11-20(32)33/h6-9,14,18-19H,1-5,10-13H2,(H,26,34)(H,32,33)(H,35,36)(H,37,38)(H2,27,28,39)/t18-,19-/m0/s1. The molecule has 0 saturated carbocycles. The molecule has 1 aromatic carbocycles. The molecule has 0 unspecified atom stereocenters. The maximum absolute atomic E-state index is 12.4. The Balaban J connectivity index is 1.75. The summed E-state index contributed by atoms with van der Waals surface area (Å²) in [5.74, 6) is -4.34. The number of carboxylic acids is 3. The fraction of sp³-hybridized carbons (Fsp3) is 0.458. The minimum Gasteiger partial charge on any atom is -0.481 e. The van der Waals surface area contributed by atoms with E-state index < -0.39 is 49.1 Å². The summed E-state index contributed by atoms with van der Waals surface area (Å²) < 4.78 is 13.8. The Hall–Kier alpha value is -4.56. The van der Waals surface area contributed by atoms with Crippen LogP contribution in [0.5, 0.6) is 0 Å². The Kier molecular flexibility index (Phi) is 12.3. The van der Waals surface area contributed by atoms with Gasteiger partial charge in [0.2, 0.25) is 0 Å². The van der Waals surface area contributed by atoms with E-state index in [9.17, 15) is 33.5 Å². The lowest BCUT2D eigenvalue weighted by Crippen LogP contribution is -2.51. The van der Waals surface area contributed by atoms with Gasteiger partial charge in [-0.3, -0.25) is 14.0 Å². The van der Waals surface area contributed by atoms with Gasteiger partial charge in [0.05, 0.1) is 24.3 Å². The molecule has 14 nitrogen and oxygen atoms in total. The number of halogens is 1. The van der Waals surface area contributed by atoms with Crippen LogP contribution in [-0.2, 0) is 20.8 Å². The number of carboxylic acid groups (broad SMARTS) is 3. The highest BCUT2D eigenvalue weighted by molar-refractivity contribution is 5.94. The highest BCUT2D eigenvalue weighted by atomic mass is 19.1. The van der Waals surface area contributed by atoms with Crippen LogP contribution >= 0.6 is 0 Å². The van der Waals surface area contributed by atoms with Gasteiger partial charge in [0, 0.05) is 18.5 Å². The third-order valence-corrected chi connectivity index (χ3v) is 5.56. The van der Waals surface area contributed by atoms with Crippen LogP contribution < -0.4 is 16.0 Å². The average molecular weight is 551 g/mol. The highest BCUT2D eigenvalue weighted by Gasteiger charge is 2.24. The normalized spacial score (nSPS) is 12.2. The lowest BCUT2D eigenvalue weighted by Gasteiger charge is -2.18. The number of benzene rings is 1. The fourth-order valence-corrected chi connectivity index (χ4v) is 3.47. The molecule has 0 fully saturated rings. The average Bonchev–Trinajstić information content (AvgIpc) is 3.37. The zero-order valence-electron chi connectivity index (χ0n) is 21.0. The number of carbonyl (C=O) groups is 5. The van der Waals surface area contributed by atoms with Crippen molar-refractivity contribution in [1.29, 1.82) is 0 Å². The van der Waals surface area contributed by atoms with Crippen LogP contribution in [0.25, 0.3) is 5.69 Å². The van der Waals surface area contributed by atoms with E-state index in [1.807, 2.05) is 0 Å². The number of aliphatic carboxylic acids is 3. The molecule has 1 heterocycles. The summed E-state index contributed by atoms with van der Waals surface area (Å²) in [4.78, 5) is 57.7. The molecule has 2 rings (SSSR count). The molecule has 0 aliphatic heterocycles. The summed E-state index contributed by atoms with van der Waals surface area (Å²) in [6.07, 6.45) is 2.45. The number of nitrogens with zero attached hydrogens (tertiary/aromatic N) is 3. The number of hydrogen-bond donors (Lipinski definition) is 6. The fourth-order valence-electron chi connectivity index (χ4n) is 3.47. The van der Waals surface area contributed by atoms with Gasteiger partial charge in [0.1, 0.15) is 12.1 Å². The number of nitrogens with one attached hydrogen (secondary N) is 3. The van der Waals surface area contributed by atoms with Crippen LogP contribution in [0.15, 0.2) is 30.5 Å². The molecule has 0 spiro atoms. The van der Waals surface area contributed by atoms with Crippen LogP contribution in [0.2, 0.25) is 0 Å². The number of urea groups is 1. The summed E-state index contributed by atoms with van der Waals surface area (Å²) in [5, 5.41) is 42.0. The molecule has 3 amide bonds. The first-order valence-electron chi connectivity index (χ1n) is 12.2. The van der Waals surface area contributed by atoms with E-state index in [2.05, 4.69) is 26.3 Å². The Morgan fingerprint density at radius 1 is 0.897 bits per heavy atom. The molecule has 0 bridgehead atoms. The maximum Gasteiger partial charge on any atom is 0.326 e. The maximum atomic E-state index is 12.4. The second kappa shape index (κ2) is 15.6. The number of aromatic nitrogens is 3. The van der Waals surface area contributed by atoms with Crippen molar-refractivity contribution in [3.63, 3.8) is 0 Å². The van der Waals surface area contributed by atoms with Gasteiger partial charge in [-0.15, -0.1) is 5.10 Å². The summed E-state index contributed by atoms with van der Waals surface area (Å²) in [6, 6.07) is 2.76. The lowest BCUT2D eigenvalue weighted by atomic mass is 10.1. The van der Waals surface area contributed by atoms with E-state index in [-0.39, 0.29) is 25.3 Å². The van der Waals surface area contributed by atoms with Gasteiger partial charge in [-0.1, -0.05) is 5.21 Å². The number of amides is 3. The zero-order valence-corrected chi connectivity index (χ0v) is 21.0. The van der Waals surface area contributed by atoms with Crippen LogP contribution in [0.3, 0.4) is 0 Å². The first kappa shape index (κ1) is 30.7. The first-order chi connectivity index (χ1) is 18.6. The van der Waals surface area contributed by atoms with Gasteiger partial charge in [-0.05, 0) is 62.8 Å². The Labute approximate surface area is 222 Å². The molecular weight excluding hydrogens is 519 g/mol. The van der Waals surface area contributed by atoms with Crippen LogP contribution in [0, 0.1) is 0 Å². The second-order valence-corrected chi connectivity index (χ2v) is 8.58. The van der Waals surface area contributed by atoms with Gasteiger partial charge in [0.25, 0.3) is 5.91 Å². The molecule has 0 aliphatic carbocycles. The number of hydrogen-bond acceptors (Lipinski definition) is 7. The second-order valence-electron chi connectivity index (χ2n) is 8.58. The molecule has 1 aromatic heterocycles. The van der Waals surface area contributed by atoms with Crippen molar-refractivity contribution < 1.29 is 43.7 Å². The number of unbranched alkanes of at least 4 members (excludes halogenated alkanes) is 1. The quantitative estimate of drug-likeness (QED) is 0.155. The molecule has 15 heteroatoms. The number of alkyl halides is 1. The molecule has 0 radical (unpaired) electrons. The van der Waals surface area contributed by atoms with Gasteiger partial charge < -0.3 is 31.3 Å². The van der Waals surface area contributed by atoms with E-state index in [1.54, 1.807) is 30.5 Å². The molecule has 2 aromatic rings. The molecule has 6 N–H and O–H groups in total. The van der Waals surface area contributed by atoms with Crippen LogP contribution in [-0.4, -0.2) is 85.5 Å². The topological polar surface area (TPSA) is 213 Å². The third kappa shape index (κ3) is 10.8. The SMILES string of the molecule is O=C(O)CC[C@H](NC(=O)N[C@@H](CCCCNC(=O)c1ccc(-n2cc(CCCF)nn2)cc1)C(=O)O)C(=O)O. The van der Waals surface area contributed by atoms with Crippen molar-refractivity contribution in [2.24, 2.45) is 0 Å². The van der Waals surface area contributed by atoms with E-state index in [0.29, 0.717) is 42.6 Å². The predicted molar refractivity (Wildman–Crippen MR) is 133 cm³/mol. The predicted octanol–water partition coefficient (Wildman–Crippen LogP) is 1.14. The molecule has 39 heavy (non-hydrogen) atoms. The van der Waals surface area contributed by atoms with Crippen LogP contribution in [0.4, 0.5) is 9.18 Å². The Bertz CT molecular complexity index is 1140. The number of carbonyl (C=O) groups excluding carboxylic acids is 2. The largest absolute Gasteiger partial charge is 0.481 e. The minimum atomic E-state index is -1.49. The summed E-state index contributed by atoms with van der Waals surface area (Å²) in [7, 11) is 0. The van der Waals surface area contributed by atoms with Crippen LogP contribution in [0.1, 0.15) is 54.6 Å². The van der Waals surface area contributed by atoms with E-state index in [0.717, 1.165) is 0 Å². The number of aryl methyl sites for hydroxylation is 1. The molecule has 0 aliphatic rings. The van der Waals surface area contributed by atoms with E-state index >= 15 is 0 Å². The Morgan fingerprint density at radius 2 is 1.54 bits per heavy atom.